The molecular weight excluding hydrogens is 374 g/mol. The Bertz CT molecular complexity index is 822. The van der Waals surface area contributed by atoms with Crippen molar-refractivity contribution in [3.8, 4) is 5.75 Å². The molecule has 0 atom stereocenters. The molecule has 0 aliphatic heterocycles. The molecule has 140 valence electrons. The number of benzene rings is 2. The van der Waals surface area contributed by atoms with E-state index < -0.39 is 10.0 Å². The summed E-state index contributed by atoms with van der Waals surface area (Å²) in [5, 5.41) is 6.39. The maximum Gasteiger partial charge on any atom is 0.261 e. The van der Waals surface area contributed by atoms with Gasteiger partial charge in [0.05, 0.1) is 18.6 Å². The molecule has 0 spiro atoms. The number of hydrogen-bond acceptors (Lipinski definition) is 5. The Labute approximate surface area is 158 Å². The minimum absolute atomic E-state index is 0.150. The normalized spacial score (nSPS) is 10.8. The van der Waals surface area contributed by atoms with Crippen LogP contribution >= 0.6 is 12.2 Å². The fraction of sp³-hybridized carbons (Fsp3) is 0.235. The summed E-state index contributed by atoms with van der Waals surface area (Å²) in [7, 11) is -0.522. The van der Waals surface area contributed by atoms with Crippen LogP contribution in [0.25, 0.3) is 0 Å². The first kappa shape index (κ1) is 20.0. The van der Waals surface area contributed by atoms with Crippen LogP contribution in [0.4, 0.5) is 11.4 Å². The van der Waals surface area contributed by atoms with E-state index in [1.165, 1.54) is 12.1 Å². The van der Waals surface area contributed by atoms with E-state index in [2.05, 4.69) is 15.4 Å². The number of methoxy groups -OCH3 is 2. The number of anilines is 2. The van der Waals surface area contributed by atoms with Crippen LogP contribution in [-0.4, -0.2) is 40.9 Å². The highest BCUT2D eigenvalue weighted by molar-refractivity contribution is 7.92. The molecule has 3 N–H and O–H groups in total. The van der Waals surface area contributed by atoms with Crippen molar-refractivity contribution in [1.82, 2.24) is 5.32 Å². The number of rotatable bonds is 8. The van der Waals surface area contributed by atoms with E-state index >= 15 is 0 Å². The van der Waals surface area contributed by atoms with Crippen LogP contribution in [0, 0.1) is 0 Å². The highest BCUT2D eigenvalue weighted by Gasteiger charge is 2.14. The maximum absolute atomic E-state index is 12.4. The van der Waals surface area contributed by atoms with Gasteiger partial charge in [-0.15, -0.1) is 0 Å². The van der Waals surface area contributed by atoms with Crippen LogP contribution in [0.2, 0.25) is 0 Å². The molecule has 0 radical (unpaired) electrons. The highest BCUT2D eigenvalue weighted by Crippen LogP contribution is 2.20. The first-order valence-electron chi connectivity index (χ1n) is 7.75. The first-order valence-corrected chi connectivity index (χ1v) is 9.64. The van der Waals surface area contributed by atoms with Crippen molar-refractivity contribution in [2.75, 3.05) is 37.4 Å². The molecule has 9 heteroatoms. The molecule has 0 unspecified atom stereocenters. The van der Waals surface area contributed by atoms with Gasteiger partial charge in [0.15, 0.2) is 5.11 Å². The van der Waals surface area contributed by atoms with Gasteiger partial charge in [-0.3, -0.25) is 4.72 Å². The van der Waals surface area contributed by atoms with Crippen LogP contribution in [0.1, 0.15) is 0 Å². The molecule has 26 heavy (non-hydrogen) atoms. The second-order valence-corrected chi connectivity index (χ2v) is 7.32. The van der Waals surface area contributed by atoms with Gasteiger partial charge in [-0.25, -0.2) is 8.42 Å². The number of hydrogen-bond donors (Lipinski definition) is 3. The lowest BCUT2D eigenvalue weighted by molar-refractivity contribution is 0.204. The molecule has 0 saturated carbocycles. The Morgan fingerprint density at radius 2 is 1.62 bits per heavy atom. The summed E-state index contributed by atoms with van der Waals surface area (Å²) >= 11 is 5.14. The fourth-order valence-corrected chi connectivity index (χ4v) is 3.31. The van der Waals surface area contributed by atoms with Crippen molar-refractivity contribution in [3.05, 3.63) is 48.5 Å². The minimum atomic E-state index is -3.68. The summed E-state index contributed by atoms with van der Waals surface area (Å²) in [5.74, 6) is 0.651. The van der Waals surface area contributed by atoms with Crippen LogP contribution in [-0.2, 0) is 14.8 Å². The van der Waals surface area contributed by atoms with Gasteiger partial charge in [-0.1, -0.05) is 0 Å². The molecule has 2 aromatic carbocycles. The second-order valence-electron chi connectivity index (χ2n) is 5.23. The highest BCUT2D eigenvalue weighted by atomic mass is 32.2. The maximum atomic E-state index is 12.4. The summed E-state index contributed by atoms with van der Waals surface area (Å²) in [6, 6.07) is 12.9. The van der Waals surface area contributed by atoms with E-state index in [1.807, 2.05) is 0 Å². The molecule has 0 aromatic heterocycles. The third-order valence-electron chi connectivity index (χ3n) is 3.36. The largest absolute Gasteiger partial charge is 0.497 e. The standard InChI is InChI=1S/C17H21N3O4S2/c1-23-12-11-18-17(25)19-13-5-9-16(10-6-13)26(21,22)20-14-3-7-15(24-2)8-4-14/h3-10,20H,11-12H2,1-2H3,(H2,18,19,25). The Balaban J connectivity index is 2.00. The number of ether oxygens (including phenoxy) is 2. The molecule has 0 saturated heterocycles. The van der Waals surface area contributed by atoms with E-state index in [1.54, 1.807) is 50.6 Å². The van der Waals surface area contributed by atoms with E-state index in [9.17, 15) is 8.42 Å². The van der Waals surface area contributed by atoms with Crippen LogP contribution in [0.5, 0.6) is 5.75 Å². The Kier molecular flexibility index (Phi) is 7.19. The predicted octanol–water partition coefficient (Wildman–Crippen LogP) is 2.43. The molecule has 0 aliphatic rings. The average Bonchev–Trinajstić information content (AvgIpc) is 2.63. The van der Waals surface area contributed by atoms with Crippen molar-refractivity contribution in [3.63, 3.8) is 0 Å². The van der Waals surface area contributed by atoms with Gasteiger partial charge < -0.3 is 20.1 Å². The van der Waals surface area contributed by atoms with Crippen LogP contribution in [0.3, 0.4) is 0 Å². The number of nitrogens with one attached hydrogen (secondary N) is 3. The van der Waals surface area contributed by atoms with E-state index in [4.69, 9.17) is 21.7 Å². The van der Waals surface area contributed by atoms with Crippen molar-refractivity contribution >= 4 is 38.7 Å². The van der Waals surface area contributed by atoms with Gasteiger partial charge in [-0.2, -0.15) is 0 Å². The lowest BCUT2D eigenvalue weighted by Gasteiger charge is -2.12. The van der Waals surface area contributed by atoms with Crippen LogP contribution < -0.4 is 20.1 Å². The number of sulfonamides is 1. The summed E-state index contributed by atoms with van der Waals surface area (Å²) in [5.41, 5.74) is 1.14. The van der Waals surface area contributed by atoms with Gasteiger partial charge in [0.25, 0.3) is 10.0 Å². The summed E-state index contributed by atoms with van der Waals surface area (Å²) in [6.45, 7) is 1.12. The average molecular weight is 396 g/mol. The Morgan fingerprint density at radius 1 is 1.00 bits per heavy atom. The zero-order chi connectivity index (χ0) is 19.0. The quantitative estimate of drug-likeness (QED) is 0.467. The topological polar surface area (TPSA) is 88.7 Å². The SMILES string of the molecule is COCCNC(=S)Nc1ccc(S(=O)(=O)Nc2ccc(OC)cc2)cc1. The predicted molar refractivity (Wildman–Crippen MR) is 106 cm³/mol. The molecule has 0 bridgehead atoms. The summed E-state index contributed by atoms with van der Waals surface area (Å²) in [4.78, 5) is 0.150. The van der Waals surface area contributed by atoms with Crippen LogP contribution in [0.15, 0.2) is 53.4 Å². The lowest BCUT2D eigenvalue weighted by Crippen LogP contribution is -2.31. The van der Waals surface area contributed by atoms with Gasteiger partial charge in [-0.05, 0) is 60.7 Å². The molecule has 2 rings (SSSR count). The molecular formula is C17H21N3O4S2. The van der Waals surface area contributed by atoms with Gasteiger partial charge in [0.2, 0.25) is 0 Å². The minimum Gasteiger partial charge on any atom is -0.497 e. The molecule has 7 nitrogen and oxygen atoms in total. The molecule has 0 amide bonds. The zero-order valence-electron chi connectivity index (χ0n) is 14.5. The number of thiocarbonyl (C=S) groups is 1. The van der Waals surface area contributed by atoms with Crippen molar-refractivity contribution in [2.24, 2.45) is 0 Å². The molecule has 0 heterocycles. The zero-order valence-corrected chi connectivity index (χ0v) is 16.1. The van der Waals surface area contributed by atoms with Gasteiger partial charge in [0, 0.05) is 25.0 Å². The van der Waals surface area contributed by atoms with Crippen molar-refractivity contribution < 1.29 is 17.9 Å². The summed E-state index contributed by atoms with van der Waals surface area (Å²) < 4.78 is 37.4. The Hall–Kier alpha value is -2.36. The van der Waals surface area contributed by atoms with E-state index in [0.717, 1.165) is 0 Å². The smallest absolute Gasteiger partial charge is 0.261 e. The molecule has 0 aliphatic carbocycles. The first-order chi connectivity index (χ1) is 12.4. The van der Waals surface area contributed by atoms with Crippen molar-refractivity contribution in [2.45, 2.75) is 4.90 Å². The summed E-state index contributed by atoms with van der Waals surface area (Å²) in [6.07, 6.45) is 0. The van der Waals surface area contributed by atoms with E-state index in [-0.39, 0.29) is 4.90 Å². The molecule has 2 aromatic rings. The van der Waals surface area contributed by atoms with Crippen molar-refractivity contribution in [1.29, 1.82) is 0 Å². The molecule has 0 fully saturated rings. The van der Waals surface area contributed by atoms with Gasteiger partial charge >= 0.3 is 0 Å². The second kappa shape index (κ2) is 9.37. The van der Waals surface area contributed by atoms with Gasteiger partial charge in [0.1, 0.15) is 5.75 Å². The van der Waals surface area contributed by atoms with E-state index in [0.29, 0.717) is 35.4 Å². The monoisotopic (exact) mass is 395 g/mol. The Morgan fingerprint density at radius 3 is 2.19 bits per heavy atom. The lowest BCUT2D eigenvalue weighted by atomic mass is 10.3. The third kappa shape index (κ3) is 5.87. The third-order valence-corrected chi connectivity index (χ3v) is 5.00. The fourth-order valence-electron chi connectivity index (χ4n) is 2.03.